The molecule has 4 aliphatic rings. The van der Waals surface area contributed by atoms with Crippen LogP contribution in [-0.4, -0.2) is 132 Å². The maximum atomic E-state index is 14.4. The first kappa shape index (κ1) is 54.1. The lowest BCUT2D eigenvalue weighted by molar-refractivity contribution is -0.164. The Kier molecular flexibility index (Phi) is 16.0. The molecule has 73 heavy (non-hydrogen) atoms. The second kappa shape index (κ2) is 21.6. The van der Waals surface area contributed by atoms with Gasteiger partial charge in [0.25, 0.3) is 5.91 Å². The summed E-state index contributed by atoms with van der Waals surface area (Å²) in [4.78, 5) is 67.3. The van der Waals surface area contributed by atoms with Crippen LogP contribution in [0.2, 0.25) is 5.02 Å². The summed E-state index contributed by atoms with van der Waals surface area (Å²) in [5, 5.41) is 26.8. The monoisotopic (exact) mass is 1030 g/mol. The van der Waals surface area contributed by atoms with Gasteiger partial charge in [0.05, 0.1) is 58.6 Å². The number of amides is 3. The number of thiazole rings is 1. The van der Waals surface area contributed by atoms with Gasteiger partial charge in [0.1, 0.15) is 29.7 Å². The highest BCUT2D eigenvalue weighted by atomic mass is 35.5. The number of carbonyl (C=O) groups is 4. The number of nitrogens with one attached hydrogen (secondary N) is 2. The van der Waals surface area contributed by atoms with E-state index in [4.69, 9.17) is 21.1 Å². The average Bonchev–Trinajstić information content (AvgIpc) is 3.96. The van der Waals surface area contributed by atoms with Gasteiger partial charge < -0.3 is 35.0 Å². The zero-order valence-electron chi connectivity index (χ0n) is 43.8. The molecule has 390 valence electrons. The molecule has 3 aromatic carbocycles. The maximum Gasteiger partial charge on any atom is 0.251 e. The Bertz CT molecular complexity index is 2680. The minimum Gasteiger partial charge on any atom is -0.489 e. The van der Waals surface area contributed by atoms with Crippen molar-refractivity contribution in [3.05, 3.63) is 105 Å². The van der Waals surface area contributed by atoms with Gasteiger partial charge in [-0.1, -0.05) is 96.5 Å². The minimum absolute atomic E-state index is 0.0143. The predicted molar refractivity (Wildman–Crippen MR) is 283 cm³/mol. The number of nitrogens with zero attached hydrogens (tertiary/aromatic N) is 5. The van der Waals surface area contributed by atoms with Crippen molar-refractivity contribution in [1.29, 1.82) is 5.26 Å². The van der Waals surface area contributed by atoms with Gasteiger partial charge in [0.2, 0.25) is 11.8 Å². The van der Waals surface area contributed by atoms with Crippen molar-refractivity contribution < 1.29 is 33.8 Å². The maximum absolute atomic E-state index is 14.4. The summed E-state index contributed by atoms with van der Waals surface area (Å²) in [7, 11) is 0. The Morgan fingerprint density at radius 3 is 2.21 bits per heavy atom. The fourth-order valence-corrected chi connectivity index (χ4v) is 12.9. The molecule has 1 aromatic heterocycles. The van der Waals surface area contributed by atoms with Crippen molar-refractivity contribution in [3.8, 4) is 22.3 Å². The molecule has 3 saturated heterocycles. The fourth-order valence-electron chi connectivity index (χ4n) is 11.8. The Balaban J connectivity index is 0.796. The molecule has 0 radical (unpaired) electrons. The molecule has 0 spiro atoms. The Hall–Kier alpha value is -5.21. The van der Waals surface area contributed by atoms with Crippen LogP contribution in [0, 0.1) is 40.4 Å². The second-order valence-electron chi connectivity index (χ2n) is 23.2. The molecule has 14 nitrogen and oxygen atoms in total. The number of likely N-dealkylation sites (tertiary alicyclic amines) is 1. The molecular weight excluding hydrogens is 962 g/mol. The number of ketones is 1. The number of rotatable bonds is 17. The third-order valence-electron chi connectivity index (χ3n) is 16.1. The molecule has 1 saturated carbocycles. The molecule has 4 aromatic rings. The number of aryl methyl sites for hydroxylation is 1. The number of aromatic nitrogens is 1. The van der Waals surface area contributed by atoms with Crippen LogP contribution in [0.15, 0.2) is 72.2 Å². The highest BCUT2D eigenvalue weighted by Crippen LogP contribution is 2.56. The van der Waals surface area contributed by atoms with E-state index in [1.54, 1.807) is 29.5 Å². The molecule has 4 heterocycles. The van der Waals surface area contributed by atoms with Crippen molar-refractivity contribution in [1.82, 2.24) is 30.3 Å². The van der Waals surface area contributed by atoms with E-state index in [-0.39, 0.29) is 83.9 Å². The van der Waals surface area contributed by atoms with E-state index in [0.29, 0.717) is 35.1 Å². The summed E-state index contributed by atoms with van der Waals surface area (Å²) in [6.07, 6.45) is 0.0439. The number of hydrogen-bond donors (Lipinski definition) is 3. The van der Waals surface area contributed by atoms with Crippen molar-refractivity contribution in [3.63, 3.8) is 0 Å². The lowest BCUT2D eigenvalue weighted by Gasteiger charge is -2.63. The standard InChI is InChI=1S/C57H72ClN7O7S/c1-35(37-10-12-38(13-11-37)48-36(2)60-34-73-48)61-50(69)47-27-43(67)31-65(47)51(70)45(54(3,4)5)26-42(66)30-64-24-22-63(23-25-64)21-20-57(32-71-33-57)41-17-14-39(15-18-41)49(68)62-52-55(6,7)53(56(52,8)9)72-44-19-16-40(29-59)46(58)28-44/h10-19,28,34-35,43,45,47,52-53,67H,20-27,30-33H2,1-9H3,(H,61,69)(H,62,68)/t35-,43+,45+,47?,52?,53?/m0/s1. The number of hydrogen-bond acceptors (Lipinski definition) is 12. The quantitative estimate of drug-likeness (QED) is 0.0935. The van der Waals surface area contributed by atoms with Gasteiger partial charge in [0, 0.05) is 85.4 Å². The summed E-state index contributed by atoms with van der Waals surface area (Å²) < 4.78 is 12.2. The van der Waals surface area contributed by atoms with Crippen LogP contribution in [0.1, 0.15) is 113 Å². The smallest absolute Gasteiger partial charge is 0.251 e. The molecule has 8 rings (SSSR count). The fraction of sp³-hybridized carbons (Fsp3) is 0.544. The number of piperazine rings is 1. The van der Waals surface area contributed by atoms with E-state index < -0.39 is 23.5 Å². The first-order chi connectivity index (χ1) is 34.5. The summed E-state index contributed by atoms with van der Waals surface area (Å²) in [5.41, 5.74) is 5.44. The molecule has 16 heteroatoms. The highest BCUT2D eigenvalue weighted by Gasteiger charge is 2.64. The van der Waals surface area contributed by atoms with Gasteiger partial charge in [-0.25, -0.2) is 4.98 Å². The zero-order valence-corrected chi connectivity index (χ0v) is 45.4. The molecule has 4 atom stereocenters. The number of ether oxygens (including phenoxy) is 2. The predicted octanol–water partition coefficient (Wildman–Crippen LogP) is 7.99. The number of aliphatic hydroxyl groups excluding tert-OH is 1. The lowest BCUT2D eigenvalue weighted by Crippen LogP contribution is -2.74. The third kappa shape index (κ3) is 11.6. The largest absolute Gasteiger partial charge is 0.489 e. The van der Waals surface area contributed by atoms with Crippen molar-refractivity contribution in [2.24, 2.45) is 22.2 Å². The number of benzene rings is 3. The van der Waals surface area contributed by atoms with Crippen LogP contribution in [0.3, 0.4) is 0 Å². The van der Waals surface area contributed by atoms with Crippen LogP contribution in [-0.2, 0) is 24.5 Å². The number of nitriles is 1. The van der Waals surface area contributed by atoms with Crippen molar-refractivity contribution in [2.75, 3.05) is 59.0 Å². The second-order valence-corrected chi connectivity index (χ2v) is 24.5. The number of Topliss-reactive ketones (excluding diaryl/α,β-unsaturated/α-hetero) is 1. The Morgan fingerprint density at radius 2 is 1.63 bits per heavy atom. The zero-order chi connectivity index (χ0) is 52.6. The number of β-amino-alcohol motifs (C(OH)–C–C–N with tert-alkyl or cyclic N) is 1. The van der Waals surface area contributed by atoms with E-state index in [2.05, 4.69) is 71.3 Å². The van der Waals surface area contributed by atoms with Crippen LogP contribution in [0.5, 0.6) is 5.75 Å². The van der Waals surface area contributed by atoms with Crippen LogP contribution in [0.25, 0.3) is 10.4 Å². The summed E-state index contributed by atoms with van der Waals surface area (Å²) in [6, 6.07) is 21.8. The molecule has 3 amide bonds. The van der Waals surface area contributed by atoms with Crippen LogP contribution in [0.4, 0.5) is 0 Å². The minimum atomic E-state index is -0.841. The summed E-state index contributed by atoms with van der Waals surface area (Å²) >= 11 is 7.87. The first-order valence-electron chi connectivity index (χ1n) is 25.6. The third-order valence-corrected chi connectivity index (χ3v) is 17.4. The average molecular weight is 1030 g/mol. The summed E-state index contributed by atoms with van der Waals surface area (Å²) in [5.74, 6) is -0.827. The van der Waals surface area contributed by atoms with Gasteiger partial charge in [-0.15, -0.1) is 11.3 Å². The van der Waals surface area contributed by atoms with E-state index >= 15 is 0 Å². The Morgan fingerprint density at radius 1 is 0.973 bits per heavy atom. The molecule has 3 aliphatic heterocycles. The summed E-state index contributed by atoms with van der Waals surface area (Å²) in [6.45, 7) is 23.6. The van der Waals surface area contributed by atoms with Gasteiger partial charge in [-0.05, 0) is 73.2 Å². The van der Waals surface area contributed by atoms with E-state index in [0.717, 1.165) is 66.4 Å². The molecule has 4 fully saturated rings. The molecule has 0 bridgehead atoms. The highest BCUT2D eigenvalue weighted by molar-refractivity contribution is 7.13. The Labute approximate surface area is 439 Å². The topological polar surface area (TPSA) is 177 Å². The number of halogens is 1. The lowest BCUT2D eigenvalue weighted by atomic mass is 9.49. The molecular formula is C57H72ClN7O7S. The molecule has 1 unspecified atom stereocenters. The van der Waals surface area contributed by atoms with Gasteiger partial charge >= 0.3 is 0 Å². The van der Waals surface area contributed by atoms with Gasteiger partial charge in [0.15, 0.2) is 0 Å². The first-order valence-corrected chi connectivity index (χ1v) is 26.9. The number of aliphatic hydroxyl groups is 1. The van der Waals surface area contributed by atoms with Crippen molar-refractivity contribution >= 4 is 46.4 Å². The molecule has 1 aliphatic carbocycles. The van der Waals surface area contributed by atoms with E-state index in [9.17, 15) is 29.5 Å². The SMILES string of the molecule is Cc1ncsc1-c1ccc([C@H](C)NC(=O)C2C[C@@H](O)CN2C(=O)[C@@H](CC(=O)CN2CCN(CCC3(c4ccc(C(=O)NC5C(C)(C)C(Oc6ccc(C#N)c(Cl)c6)C5(C)C)cc4)COC3)CC2)C(C)(C)C)cc1. The normalized spacial score (nSPS) is 23.3. The van der Waals surface area contributed by atoms with E-state index in [1.165, 1.54) is 4.90 Å². The van der Waals surface area contributed by atoms with Gasteiger partial charge in [-0.3, -0.25) is 24.1 Å². The number of carbonyl (C=O) groups excluding carboxylic acids is 4. The van der Waals surface area contributed by atoms with E-state index in [1.807, 2.05) is 76.5 Å². The van der Waals surface area contributed by atoms with Gasteiger partial charge in [-0.2, -0.15) is 5.26 Å². The van der Waals surface area contributed by atoms with Crippen molar-refractivity contribution in [2.45, 2.75) is 117 Å². The molecule has 3 N–H and O–H groups in total. The van der Waals surface area contributed by atoms with Crippen LogP contribution >= 0.6 is 22.9 Å². The van der Waals surface area contributed by atoms with Crippen LogP contribution < -0.4 is 15.4 Å².